The molecule has 0 spiro atoms. The fourth-order valence-corrected chi connectivity index (χ4v) is 1.78. The highest BCUT2D eigenvalue weighted by Crippen LogP contribution is 2.26. The molecule has 2 heteroatoms. The molecule has 18 heavy (non-hydrogen) atoms. The molecule has 2 N–H and O–H groups in total. The largest absolute Gasteiger partial charge is 0.457 e. The predicted octanol–water partition coefficient (Wildman–Crippen LogP) is 4.12. The first-order chi connectivity index (χ1) is 8.56. The van der Waals surface area contributed by atoms with E-state index in [2.05, 4.69) is 25.1 Å². The number of hydrogen-bond acceptors (Lipinski definition) is 2. The fourth-order valence-electron chi connectivity index (χ4n) is 1.78. The summed E-state index contributed by atoms with van der Waals surface area (Å²) in [5.74, 6) is 1.75. The molecule has 2 aromatic carbocycles. The van der Waals surface area contributed by atoms with Gasteiger partial charge in [0.25, 0.3) is 0 Å². The van der Waals surface area contributed by atoms with E-state index < -0.39 is 0 Å². The maximum Gasteiger partial charge on any atom is 0.130 e. The molecular formula is C16H19NO. The SMILES string of the molecule is Cc1ccc(C)c(Oc2ccc([C@@H](C)N)cc2)c1. The summed E-state index contributed by atoms with van der Waals surface area (Å²) < 4.78 is 5.88. The van der Waals surface area contributed by atoms with Gasteiger partial charge in [0, 0.05) is 6.04 Å². The lowest BCUT2D eigenvalue weighted by Crippen LogP contribution is -2.04. The van der Waals surface area contributed by atoms with Crippen LogP contribution in [0.25, 0.3) is 0 Å². The topological polar surface area (TPSA) is 35.2 Å². The molecule has 94 valence electrons. The van der Waals surface area contributed by atoms with E-state index in [0.717, 1.165) is 22.6 Å². The zero-order valence-corrected chi connectivity index (χ0v) is 11.1. The Morgan fingerprint density at radius 3 is 2.28 bits per heavy atom. The zero-order valence-electron chi connectivity index (χ0n) is 11.1. The van der Waals surface area contributed by atoms with Gasteiger partial charge < -0.3 is 10.5 Å². The molecule has 0 fully saturated rings. The summed E-state index contributed by atoms with van der Waals surface area (Å²) >= 11 is 0. The molecule has 0 bridgehead atoms. The Kier molecular flexibility index (Phi) is 3.68. The Balaban J connectivity index is 2.21. The number of benzene rings is 2. The van der Waals surface area contributed by atoms with E-state index in [4.69, 9.17) is 10.5 Å². The second-order valence-electron chi connectivity index (χ2n) is 4.73. The van der Waals surface area contributed by atoms with Crippen LogP contribution in [0.2, 0.25) is 0 Å². The molecule has 2 nitrogen and oxygen atoms in total. The highest BCUT2D eigenvalue weighted by atomic mass is 16.5. The molecule has 0 unspecified atom stereocenters. The Bertz CT molecular complexity index is 529. The van der Waals surface area contributed by atoms with Gasteiger partial charge in [0.1, 0.15) is 11.5 Å². The second-order valence-corrected chi connectivity index (χ2v) is 4.73. The van der Waals surface area contributed by atoms with Crippen molar-refractivity contribution in [3.63, 3.8) is 0 Å². The van der Waals surface area contributed by atoms with Gasteiger partial charge in [-0.05, 0) is 55.7 Å². The van der Waals surface area contributed by atoms with Gasteiger partial charge in [-0.3, -0.25) is 0 Å². The highest BCUT2D eigenvalue weighted by molar-refractivity contribution is 5.40. The Morgan fingerprint density at radius 2 is 1.67 bits per heavy atom. The highest BCUT2D eigenvalue weighted by Gasteiger charge is 2.03. The minimum absolute atomic E-state index is 0.0553. The summed E-state index contributed by atoms with van der Waals surface area (Å²) in [7, 11) is 0. The third kappa shape index (κ3) is 2.90. The van der Waals surface area contributed by atoms with Gasteiger partial charge >= 0.3 is 0 Å². The molecule has 0 aliphatic carbocycles. The first-order valence-electron chi connectivity index (χ1n) is 6.17. The van der Waals surface area contributed by atoms with Crippen LogP contribution < -0.4 is 10.5 Å². The van der Waals surface area contributed by atoms with Gasteiger partial charge in [0.15, 0.2) is 0 Å². The smallest absolute Gasteiger partial charge is 0.130 e. The summed E-state index contributed by atoms with van der Waals surface area (Å²) in [5.41, 5.74) is 9.27. The number of nitrogens with two attached hydrogens (primary N) is 1. The van der Waals surface area contributed by atoms with Gasteiger partial charge in [-0.2, -0.15) is 0 Å². The van der Waals surface area contributed by atoms with E-state index >= 15 is 0 Å². The summed E-state index contributed by atoms with van der Waals surface area (Å²) in [6.07, 6.45) is 0. The van der Waals surface area contributed by atoms with Crippen LogP contribution in [-0.4, -0.2) is 0 Å². The van der Waals surface area contributed by atoms with Crippen LogP contribution in [0.1, 0.15) is 29.7 Å². The van der Waals surface area contributed by atoms with Crippen molar-refractivity contribution >= 4 is 0 Å². The fraction of sp³-hybridized carbons (Fsp3) is 0.250. The molecule has 0 amide bonds. The van der Waals surface area contributed by atoms with E-state index in [1.165, 1.54) is 5.56 Å². The minimum atomic E-state index is 0.0553. The van der Waals surface area contributed by atoms with E-state index in [-0.39, 0.29) is 6.04 Å². The molecule has 0 radical (unpaired) electrons. The summed E-state index contributed by atoms with van der Waals surface area (Å²) in [4.78, 5) is 0. The van der Waals surface area contributed by atoms with Gasteiger partial charge in [0.2, 0.25) is 0 Å². The molecule has 1 atom stereocenters. The molecular weight excluding hydrogens is 222 g/mol. The second kappa shape index (κ2) is 5.23. The standard InChI is InChI=1S/C16H19NO/c1-11-4-5-12(2)16(10-11)18-15-8-6-14(7-9-15)13(3)17/h4-10,13H,17H2,1-3H3/t13-/m1/s1. The van der Waals surface area contributed by atoms with Gasteiger partial charge in [-0.25, -0.2) is 0 Å². The molecule has 0 aliphatic rings. The summed E-state index contributed by atoms with van der Waals surface area (Å²) in [6, 6.07) is 14.2. The Morgan fingerprint density at radius 1 is 1.00 bits per heavy atom. The van der Waals surface area contributed by atoms with Crippen LogP contribution in [0.15, 0.2) is 42.5 Å². The van der Waals surface area contributed by atoms with Crippen LogP contribution >= 0.6 is 0 Å². The lowest BCUT2D eigenvalue weighted by atomic mass is 10.1. The molecule has 2 rings (SSSR count). The number of hydrogen-bond donors (Lipinski definition) is 1. The van der Waals surface area contributed by atoms with E-state index in [1.807, 2.05) is 38.1 Å². The lowest BCUT2D eigenvalue weighted by molar-refractivity contribution is 0.478. The predicted molar refractivity (Wildman–Crippen MR) is 75.0 cm³/mol. The number of ether oxygens (including phenoxy) is 1. The third-order valence-electron chi connectivity index (χ3n) is 2.98. The van der Waals surface area contributed by atoms with Crippen molar-refractivity contribution in [2.75, 3.05) is 0 Å². The van der Waals surface area contributed by atoms with Crippen LogP contribution in [-0.2, 0) is 0 Å². The van der Waals surface area contributed by atoms with Gasteiger partial charge in [0.05, 0.1) is 0 Å². The van der Waals surface area contributed by atoms with Crippen LogP contribution in [0, 0.1) is 13.8 Å². The van der Waals surface area contributed by atoms with Crippen molar-refractivity contribution in [1.29, 1.82) is 0 Å². The number of rotatable bonds is 3. The van der Waals surface area contributed by atoms with Crippen molar-refractivity contribution in [1.82, 2.24) is 0 Å². The molecule has 0 saturated heterocycles. The summed E-state index contributed by atoms with van der Waals surface area (Å²) in [6.45, 7) is 6.08. The maximum absolute atomic E-state index is 5.88. The first-order valence-corrected chi connectivity index (χ1v) is 6.17. The van der Waals surface area contributed by atoms with Crippen LogP contribution in [0.5, 0.6) is 11.5 Å². The first kappa shape index (κ1) is 12.7. The van der Waals surface area contributed by atoms with Gasteiger partial charge in [-0.1, -0.05) is 24.3 Å². The third-order valence-corrected chi connectivity index (χ3v) is 2.98. The van der Waals surface area contributed by atoms with Crippen LogP contribution in [0.4, 0.5) is 0 Å². The Labute approximate surface area is 108 Å². The van der Waals surface area contributed by atoms with Crippen molar-refractivity contribution < 1.29 is 4.74 Å². The maximum atomic E-state index is 5.88. The van der Waals surface area contributed by atoms with E-state index in [0.29, 0.717) is 0 Å². The lowest BCUT2D eigenvalue weighted by Gasteiger charge is -2.11. The van der Waals surface area contributed by atoms with Crippen LogP contribution in [0.3, 0.4) is 0 Å². The molecule has 0 saturated carbocycles. The Hall–Kier alpha value is -1.80. The van der Waals surface area contributed by atoms with Crippen molar-refractivity contribution in [2.24, 2.45) is 5.73 Å². The van der Waals surface area contributed by atoms with Crippen molar-refractivity contribution in [2.45, 2.75) is 26.8 Å². The number of aryl methyl sites for hydroxylation is 2. The molecule has 0 heterocycles. The normalized spacial score (nSPS) is 12.2. The zero-order chi connectivity index (χ0) is 13.1. The monoisotopic (exact) mass is 241 g/mol. The van der Waals surface area contributed by atoms with Crippen molar-refractivity contribution in [3.8, 4) is 11.5 Å². The van der Waals surface area contributed by atoms with Crippen molar-refractivity contribution in [3.05, 3.63) is 59.2 Å². The summed E-state index contributed by atoms with van der Waals surface area (Å²) in [5, 5.41) is 0. The van der Waals surface area contributed by atoms with E-state index in [9.17, 15) is 0 Å². The van der Waals surface area contributed by atoms with Gasteiger partial charge in [-0.15, -0.1) is 0 Å². The molecule has 0 aliphatic heterocycles. The van der Waals surface area contributed by atoms with E-state index in [1.54, 1.807) is 0 Å². The molecule has 2 aromatic rings. The quantitative estimate of drug-likeness (QED) is 0.877. The molecule has 0 aromatic heterocycles. The average molecular weight is 241 g/mol. The average Bonchev–Trinajstić information content (AvgIpc) is 2.34. The minimum Gasteiger partial charge on any atom is -0.457 e.